The van der Waals surface area contributed by atoms with E-state index < -0.39 is 0 Å². The second-order valence-electron chi connectivity index (χ2n) is 9.06. The molecular weight excluding hydrogens is 406 g/mol. The van der Waals surface area contributed by atoms with Crippen LogP contribution in [0.25, 0.3) is 0 Å². The van der Waals surface area contributed by atoms with Crippen molar-refractivity contribution in [3.63, 3.8) is 0 Å². The highest BCUT2D eigenvalue weighted by atomic mass is 16.5. The molecule has 8 nitrogen and oxygen atoms in total. The zero-order chi connectivity index (χ0) is 22.1. The zero-order valence-corrected chi connectivity index (χ0v) is 18.4. The van der Waals surface area contributed by atoms with Gasteiger partial charge in [-0.25, -0.2) is 4.79 Å². The zero-order valence-electron chi connectivity index (χ0n) is 18.4. The molecule has 0 N–H and O–H groups in total. The molecule has 0 aliphatic carbocycles. The summed E-state index contributed by atoms with van der Waals surface area (Å²) in [4.78, 5) is 40.9. The van der Waals surface area contributed by atoms with Crippen LogP contribution in [-0.2, 0) is 11.3 Å². The summed E-state index contributed by atoms with van der Waals surface area (Å²) in [7, 11) is 0. The number of amides is 3. The maximum atomic E-state index is 13.5. The van der Waals surface area contributed by atoms with E-state index in [1.807, 2.05) is 41.1 Å². The third-order valence-corrected chi connectivity index (χ3v) is 7.01. The van der Waals surface area contributed by atoms with Gasteiger partial charge in [0, 0.05) is 63.1 Å². The summed E-state index contributed by atoms with van der Waals surface area (Å²) in [6, 6.07) is 7.73. The molecule has 0 radical (unpaired) electrons. The molecule has 8 heteroatoms. The number of likely N-dealkylation sites (tertiary alicyclic amines) is 1. The number of aromatic nitrogens is 2. The Morgan fingerprint density at radius 2 is 2.03 bits per heavy atom. The number of carbonyl (C=O) groups is 2. The Bertz CT molecular complexity index is 984. The van der Waals surface area contributed by atoms with Crippen LogP contribution in [0.2, 0.25) is 0 Å². The first-order chi connectivity index (χ1) is 15.6. The predicted octanol–water partition coefficient (Wildman–Crippen LogP) is 2.49. The van der Waals surface area contributed by atoms with E-state index in [0.29, 0.717) is 45.0 Å². The van der Waals surface area contributed by atoms with Gasteiger partial charge >= 0.3 is 6.03 Å². The van der Waals surface area contributed by atoms with Gasteiger partial charge in [-0.2, -0.15) is 0 Å². The smallest absolute Gasteiger partial charge is 0.321 e. The van der Waals surface area contributed by atoms with Gasteiger partial charge in [0.15, 0.2) is 0 Å². The van der Waals surface area contributed by atoms with Crippen LogP contribution in [0.4, 0.5) is 4.79 Å². The third-order valence-electron chi connectivity index (χ3n) is 7.01. The molecule has 3 aliphatic heterocycles. The lowest BCUT2D eigenvalue weighted by molar-refractivity contribution is 0.0498. The van der Waals surface area contributed by atoms with Gasteiger partial charge in [-0.15, -0.1) is 0 Å². The van der Waals surface area contributed by atoms with E-state index in [-0.39, 0.29) is 23.5 Å². The molecule has 3 fully saturated rings. The van der Waals surface area contributed by atoms with E-state index in [0.717, 1.165) is 30.5 Å². The van der Waals surface area contributed by atoms with Gasteiger partial charge in [-0.1, -0.05) is 6.07 Å². The van der Waals surface area contributed by atoms with Gasteiger partial charge in [0.2, 0.25) is 0 Å². The highest BCUT2D eigenvalue weighted by Crippen LogP contribution is 2.38. The minimum absolute atomic E-state index is 0.0268. The van der Waals surface area contributed by atoms with Gasteiger partial charge < -0.3 is 19.4 Å². The minimum atomic E-state index is -0.268. The summed E-state index contributed by atoms with van der Waals surface area (Å²) in [6.45, 7) is 5.64. The molecule has 5 rings (SSSR count). The average molecular weight is 436 g/mol. The number of urea groups is 1. The maximum Gasteiger partial charge on any atom is 0.321 e. The van der Waals surface area contributed by atoms with Crippen molar-refractivity contribution in [2.24, 2.45) is 0 Å². The van der Waals surface area contributed by atoms with Crippen molar-refractivity contribution in [3.8, 4) is 0 Å². The Morgan fingerprint density at radius 3 is 2.72 bits per heavy atom. The van der Waals surface area contributed by atoms with Crippen LogP contribution in [0.5, 0.6) is 0 Å². The van der Waals surface area contributed by atoms with Crippen molar-refractivity contribution in [1.82, 2.24) is 24.7 Å². The summed E-state index contributed by atoms with van der Waals surface area (Å²) in [5.41, 5.74) is 2.17. The average Bonchev–Trinajstić information content (AvgIpc) is 3.39. The van der Waals surface area contributed by atoms with Crippen LogP contribution in [0.15, 0.2) is 42.9 Å². The number of rotatable bonds is 4. The van der Waals surface area contributed by atoms with Crippen LogP contribution >= 0.6 is 0 Å². The predicted molar refractivity (Wildman–Crippen MR) is 118 cm³/mol. The fourth-order valence-corrected chi connectivity index (χ4v) is 5.35. The minimum Gasteiger partial charge on any atom is -0.379 e. The number of carbonyl (C=O) groups excluding carboxylic acids is 2. The molecule has 1 spiro atoms. The lowest BCUT2D eigenvalue weighted by atomic mass is 9.92. The molecule has 3 saturated heterocycles. The molecule has 0 aromatic carbocycles. The van der Waals surface area contributed by atoms with Crippen molar-refractivity contribution in [2.75, 3.05) is 32.8 Å². The summed E-state index contributed by atoms with van der Waals surface area (Å²) in [6.07, 6.45) is 7.68. The molecule has 168 valence electrons. The quantitative estimate of drug-likeness (QED) is 0.737. The molecule has 3 aliphatic rings. The van der Waals surface area contributed by atoms with Gasteiger partial charge in [0.05, 0.1) is 17.7 Å². The molecule has 32 heavy (non-hydrogen) atoms. The summed E-state index contributed by atoms with van der Waals surface area (Å²) in [5, 5.41) is 0. The van der Waals surface area contributed by atoms with Crippen LogP contribution in [0.1, 0.15) is 40.9 Å². The highest BCUT2D eigenvalue weighted by molar-refractivity contribution is 5.95. The first kappa shape index (κ1) is 20.9. The van der Waals surface area contributed by atoms with E-state index in [4.69, 9.17) is 4.74 Å². The topological polar surface area (TPSA) is 78.9 Å². The van der Waals surface area contributed by atoms with E-state index >= 15 is 0 Å². The van der Waals surface area contributed by atoms with Crippen LogP contribution in [-0.4, -0.2) is 81.0 Å². The highest BCUT2D eigenvalue weighted by Gasteiger charge is 2.54. The fourth-order valence-electron chi connectivity index (χ4n) is 5.35. The van der Waals surface area contributed by atoms with Gasteiger partial charge in [0.1, 0.15) is 0 Å². The number of hydrogen-bond acceptors (Lipinski definition) is 5. The molecule has 1 unspecified atom stereocenters. The number of nitrogens with zero attached hydrogens (tertiary/aromatic N) is 5. The Morgan fingerprint density at radius 1 is 1.22 bits per heavy atom. The first-order valence-electron chi connectivity index (χ1n) is 11.3. The molecule has 2 aromatic heterocycles. The number of piperidine rings is 1. The second kappa shape index (κ2) is 8.50. The number of hydrogen-bond donors (Lipinski definition) is 0. The lowest BCUT2D eigenvalue weighted by Crippen LogP contribution is -2.56. The second-order valence-corrected chi connectivity index (χ2v) is 9.06. The normalized spacial score (nSPS) is 24.0. The summed E-state index contributed by atoms with van der Waals surface area (Å²) < 4.78 is 5.78. The standard InChI is InChI=1S/C24H29N5O3/c1-18-21(5-3-10-26-18)22(30)27-11-6-20(7-12-27)29-23(31)28(15-19-4-2-9-25-14-19)16-24(29)8-13-32-17-24/h2-5,9-10,14,20H,6-8,11-13,15-17H2,1H3. The first-order valence-corrected chi connectivity index (χ1v) is 11.3. The number of pyridine rings is 2. The van der Waals surface area contributed by atoms with Crippen LogP contribution in [0, 0.1) is 6.92 Å². The van der Waals surface area contributed by atoms with Gasteiger partial charge in [-0.05, 0) is 49.9 Å². The molecule has 0 saturated carbocycles. The van der Waals surface area contributed by atoms with Crippen molar-refractivity contribution < 1.29 is 14.3 Å². The molecule has 1 atom stereocenters. The van der Waals surface area contributed by atoms with Crippen LogP contribution in [0.3, 0.4) is 0 Å². The van der Waals surface area contributed by atoms with Crippen molar-refractivity contribution >= 4 is 11.9 Å². The lowest BCUT2D eigenvalue weighted by Gasteiger charge is -2.42. The molecule has 3 amide bonds. The van der Waals surface area contributed by atoms with E-state index in [1.54, 1.807) is 18.5 Å². The Balaban J connectivity index is 1.30. The molecule has 0 bridgehead atoms. The van der Waals surface area contributed by atoms with E-state index in [2.05, 4.69) is 14.9 Å². The monoisotopic (exact) mass is 435 g/mol. The van der Waals surface area contributed by atoms with E-state index in [1.165, 1.54) is 0 Å². The molecule has 2 aromatic rings. The Labute approximate surface area is 188 Å². The largest absolute Gasteiger partial charge is 0.379 e. The van der Waals surface area contributed by atoms with Crippen LogP contribution < -0.4 is 0 Å². The molecule has 5 heterocycles. The van der Waals surface area contributed by atoms with E-state index in [9.17, 15) is 9.59 Å². The van der Waals surface area contributed by atoms with Gasteiger partial charge in [0.25, 0.3) is 5.91 Å². The Kier molecular flexibility index (Phi) is 5.55. The number of ether oxygens (including phenoxy) is 1. The fraction of sp³-hybridized carbons (Fsp3) is 0.500. The summed E-state index contributed by atoms with van der Waals surface area (Å²) >= 11 is 0. The van der Waals surface area contributed by atoms with Crippen molar-refractivity contribution in [1.29, 1.82) is 0 Å². The third kappa shape index (κ3) is 3.72. The Hall–Kier alpha value is -3.00. The summed E-state index contributed by atoms with van der Waals surface area (Å²) in [5.74, 6) is 0.0268. The van der Waals surface area contributed by atoms with Crippen molar-refractivity contribution in [3.05, 3.63) is 59.7 Å². The van der Waals surface area contributed by atoms with Crippen molar-refractivity contribution in [2.45, 2.75) is 44.3 Å². The SMILES string of the molecule is Cc1ncccc1C(=O)N1CCC(N2C(=O)N(Cc3cccnc3)CC23CCOC3)CC1. The molecular formula is C24H29N5O3. The maximum absolute atomic E-state index is 13.5. The van der Waals surface area contributed by atoms with Gasteiger partial charge in [-0.3, -0.25) is 14.8 Å². The number of aryl methyl sites for hydroxylation is 1.